The minimum Gasteiger partial charge on any atom is -0.497 e. The van der Waals surface area contributed by atoms with Crippen LogP contribution in [0.1, 0.15) is 27.7 Å². The van der Waals surface area contributed by atoms with E-state index in [4.69, 9.17) is 4.74 Å². The van der Waals surface area contributed by atoms with Gasteiger partial charge in [0, 0.05) is 18.2 Å². The van der Waals surface area contributed by atoms with Crippen LogP contribution in [0.3, 0.4) is 0 Å². The Balaban J connectivity index is 3.08. The molecule has 5 heteroatoms. The topological polar surface area (TPSA) is 64.4 Å². The molecule has 0 bridgehead atoms. The molecule has 1 aromatic rings. The molecular weight excluding hydrogens is 232 g/mol. The van der Waals surface area contributed by atoms with Gasteiger partial charge in [-0.3, -0.25) is 10.1 Å². The number of nitrogens with zero attached hydrogens (tertiary/aromatic N) is 1. The summed E-state index contributed by atoms with van der Waals surface area (Å²) in [6.07, 6.45) is 0. The summed E-state index contributed by atoms with van der Waals surface area (Å²) in [5, 5.41) is 14.2. The van der Waals surface area contributed by atoms with E-state index in [1.54, 1.807) is 12.1 Å². The van der Waals surface area contributed by atoms with Gasteiger partial charge >= 0.3 is 0 Å². The van der Waals surface area contributed by atoms with Gasteiger partial charge in [-0.25, -0.2) is 0 Å². The normalized spacial score (nSPS) is 12.9. The molecule has 0 saturated heterocycles. The molecule has 0 aliphatic heterocycles. The first-order valence-corrected chi connectivity index (χ1v) is 5.84. The van der Waals surface area contributed by atoms with Crippen LogP contribution in [0.15, 0.2) is 18.2 Å². The summed E-state index contributed by atoms with van der Waals surface area (Å²) < 4.78 is 5.09. The average Bonchev–Trinajstić information content (AvgIpc) is 2.27. The number of methoxy groups -OCH3 is 1. The molecule has 1 N–H and O–H groups in total. The molecule has 5 nitrogen and oxygen atoms in total. The first kappa shape index (κ1) is 14.3. The maximum atomic E-state index is 11.0. The Labute approximate surface area is 107 Å². The van der Waals surface area contributed by atoms with Crippen LogP contribution in [-0.4, -0.2) is 18.1 Å². The van der Waals surface area contributed by atoms with Gasteiger partial charge in [-0.15, -0.1) is 0 Å². The lowest BCUT2D eigenvalue weighted by Gasteiger charge is -2.28. The third kappa shape index (κ3) is 3.35. The fourth-order valence-corrected chi connectivity index (χ4v) is 1.37. The summed E-state index contributed by atoms with van der Waals surface area (Å²) in [7, 11) is 1.54. The van der Waals surface area contributed by atoms with Crippen LogP contribution < -0.4 is 10.1 Å². The molecule has 0 aromatic heterocycles. The SMILES string of the molecule is COc1ccc([N+](=O)[O-])c(NC(C)C(C)(C)C)c1. The summed E-state index contributed by atoms with van der Waals surface area (Å²) in [4.78, 5) is 10.6. The molecule has 0 aliphatic carbocycles. The summed E-state index contributed by atoms with van der Waals surface area (Å²) in [5.41, 5.74) is 0.561. The van der Waals surface area contributed by atoms with Crippen molar-refractivity contribution in [2.75, 3.05) is 12.4 Å². The molecule has 1 unspecified atom stereocenters. The second-order valence-electron chi connectivity index (χ2n) is 5.37. The van der Waals surface area contributed by atoms with Gasteiger partial charge in [0.25, 0.3) is 5.69 Å². The number of nitro benzene ring substituents is 1. The fourth-order valence-electron chi connectivity index (χ4n) is 1.37. The molecule has 1 aromatic carbocycles. The Morgan fingerprint density at radius 1 is 1.39 bits per heavy atom. The number of hydrogen-bond acceptors (Lipinski definition) is 4. The number of benzene rings is 1. The Kier molecular flexibility index (Phi) is 4.16. The first-order chi connectivity index (χ1) is 8.25. The highest BCUT2D eigenvalue weighted by atomic mass is 16.6. The molecule has 0 saturated carbocycles. The van der Waals surface area contributed by atoms with Gasteiger partial charge < -0.3 is 10.1 Å². The number of nitrogens with one attached hydrogen (secondary N) is 1. The van der Waals surface area contributed by atoms with Gasteiger partial charge in [0.1, 0.15) is 11.4 Å². The molecule has 0 fully saturated rings. The third-order valence-electron chi connectivity index (χ3n) is 3.07. The summed E-state index contributed by atoms with van der Waals surface area (Å²) in [5.74, 6) is 0.601. The highest BCUT2D eigenvalue weighted by Crippen LogP contribution is 2.32. The zero-order valence-electron chi connectivity index (χ0n) is 11.5. The zero-order valence-corrected chi connectivity index (χ0v) is 11.5. The van der Waals surface area contributed by atoms with Gasteiger partial charge in [-0.05, 0) is 18.4 Å². The van der Waals surface area contributed by atoms with Gasteiger partial charge in [0.2, 0.25) is 0 Å². The van der Waals surface area contributed by atoms with Crippen LogP contribution in [-0.2, 0) is 0 Å². The number of ether oxygens (including phenoxy) is 1. The molecular formula is C13H20N2O3. The smallest absolute Gasteiger partial charge is 0.292 e. The van der Waals surface area contributed by atoms with Crippen molar-refractivity contribution in [3.8, 4) is 5.75 Å². The van der Waals surface area contributed by atoms with Gasteiger partial charge in [0.15, 0.2) is 0 Å². The van der Waals surface area contributed by atoms with Gasteiger partial charge in [-0.2, -0.15) is 0 Å². The van der Waals surface area contributed by atoms with Crippen molar-refractivity contribution in [3.63, 3.8) is 0 Å². The Hall–Kier alpha value is -1.78. The van der Waals surface area contributed by atoms with Crippen molar-refractivity contribution in [3.05, 3.63) is 28.3 Å². The summed E-state index contributed by atoms with van der Waals surface area (Å²) in [6, 6.07) is 4.80. The average molecular weight is 252 g/mol. The van der Waals surface area contributed by atoms with E-state index in [0.29, 0.717) is 11.4 Å². The summed E-state index contributed by atoms with van der Waals surface area (Å²) in [6.45, 7) is 8.24. The van der Waals surface area contributed by atoms with E-state index < -0.39 is 4.92 Å². The summed E-state index contributed by atoms with van der Waals surface area (Å²) >= 11 is 0. The molecule has 0 radical (unpaired) electrons. The van der Waals surface area contributed by atoms with Crippen molar-refractivity contribution in [2.24, 2.45) is 5.41 Å². The largest absolute Gasteiger partial charge is 0.497 e. The molecule has 0 heterocycles. The maximum absolute atomic E-state index is 11.0. The number of nitro groups is 1. The van der Waals surface area contributed by atoms with Crippen molar-refractivity contribution >= 4 is 11.4 Å². The van der Waals surface area contributed by atoms with Crippen LogP contribution >= 0.6 is 0 Å². The first-order valence-electron chi connectivity index (χ1n) is 5.84. The van der Waals surface area contributed by atoms with E-state index in [0.717, 1.165) is 0 Å². The lowest BCUT2D eigenvalue weighted by Crippen LogP contribution is -2.31. The fraction of sp³-hybridized carbons (Fsp3) is 0.538. The maximum Gasteiger partial charge on any atom is 0.292 e. The van der Waals surface area contributed by atoms with Crippen molar-refractivity contribution in [2.45, 2.75) is 33.7 Å². The molecule has 18 heavy (non-hydrogen) atoms. The van der Waals surface area contributed by atoms with Crippen LogP contribution in [0.5, 0.6) is 5.75 Å². The number of anilines is 1. The molecule has 0 spiro atoms. The number of rotatable bonds is 4. The van der Waals surface area contributed by atoms with E-state index in [1.807, 2.05) is 6.92 Å². The van der Waals surface area contributed by atoms with E-state index in [9.17, 15) is 10.1 Å². The predicted octanol–water partition coefficient (Wildman–Crippen LogP) is 3.45. The van der Waals surface area contributed by atoms with Crippen LogP contribution in [0.25, 0.3) is 0 Å². The lowest BCUT2D eigenvalue weighted by molar-refractivity contribution is -0.384. The Morgan fingerprint density at radius 3 is 2.44 bits per heavy atom. The van der Waals surface area contributed by atoms with E-state index in [2.05, 4.69) is 26.1 Å². The minimum atomic E-state index is -0.392. The molecule has 1 rings (SSSR count). The third-order valence-corrected chi connectivity index (χ3v) is 3.07. The van der Waals surface area contributed by atoms with E-state index >= 15 is 0 Å². The van der Waals surface area contributed by atoms with Crippen molar-refractivity contribution < 1.29 is 9.66 Å². The molecule has 0 amide bonds. The molecule has 100 valence electrons. The van der Waals surface area contributed by atoms with Crippen molar-refractivity contribution in [1.29, 1.82) is 0 Å². The monoisotopic (exact) mass is 252 g/mol. The number of hydrogen-bond donors (Lipinski definition) is 1. The quantitative estimate of drug-likeness (QED) is 0.658. The minimum absolute atomic E-state index is 0.0109. The molecule has 0 aliphatic rings. The van der Waals surface area contributed by atoms with Crippen LogP contribution in [0.4, 0.5) is 11.4 Å². The zero-order chi connectivity index (χ0) is 13.9. The second-order valence-corrected chi connectivity index (χ2v) is 5.37. The highest BCUT2D eigenvalue weighted by molar-refractivity contribution is 5.64. The Morgan fingerprint density at radius 2 is 2.00 bits per heavy atom. The van der Waals surface area contributed by atoms with E-state index in [1.165, 1.54) is 13.2 Å². The van der Waals surface area contributed by atoms with Crippen LogP contribution in [0, 0.1) is 15.5 Å². The second kappa shape index (κ2) is 5.25. The van der Waals surface area contributed by atoms with Crippen molar-refractivity contribution in [1.82, 2.24) is 0 Å². The van der Waals surface area contributed by atoms with E-state index in [-0.39, 0.29) is 17.1 Å². The predicted molar refractivity (Wildman–Crippen MR) is 72.2 cm³/mol. The molecule has 1 atom stereocenters. The standard InChI is InChI=1S/C13H20N2O3/c1-9(13(2,3)4)14-11-8-10(18-5)6-7-12(11)15(16)17/h6-9,14H,1-5H3. The highest BCUT2D eigenvalue weighted by Gasteiger charge is 2.23. The van der Waals surface area contributed by atoms with Gasteiger partial charge in [0.05, 0.1) is 12.0 Å². The van der Waals surface area contributed by atoms with Crippen LogP contribution in [0.2, 0.25) is 0 Å². The van der Waals surface area contributed by atoms with Gasteiger partial charge in [-0.1, -0.05) is 20.8 Å². The lowest BCUT2D eigenvalue weighted by atomic mass is 9.88. The Bertz CT molecular complexity index is 438.